The van der Waals surface area contributed by atoms with Crippen molar-refractivity contribution in [2.24, 2.45) is 11.1 Å². The van der Waals surface area contributed by atoms with E-state index in [1.165, 1.54) is 0 Å². The molecule has 1 rings (SSSR count). The summed E-state index contributed by atoms with van der Waals surface area (Å²) < 4.78 is 5.24. The van der Waals surface area contributed by atoms with Crippen molar-refractivity contribution in [3.8, 4) is 5.75 Å². The normalized spacial score (nSPS) is 13.7. The van der Waals surface area contributed by atoms with Crippen molar-refractivity contribution in [2.75, 3.05) is 13.7 Å². The molecular formula is C14H21ClN2O2. The van der Waals surface area contributed by atoms with Gasteiger partial charge in [0, 0.05) is 23.7 Å². The van der Waals surface area contributed by atoms with E-state index in [0.717, 1.165) is 5.56 Å². The number of carbonyl (C=O) groups is 1. The fourth-order valence-corrected chi connectivity index (χ4v) is 1.91. The largest absolute Gasteiger partial charge is 0.496 e. The van der Waals surface area contributed by atoms with Gasteiger partial charge in [0.05, 0.1) is 12.5 Å². The monoisotopic (exact) mass is 284 g/mol. The molecule has 0 aliphatic rings. The molecule has 0 spiro atoms. The molecule has 4 nitrogen and oxygen atoms in total. The number of amides is 1. The Morgan fingerprint density at radius 1 is 1.53 bits per heavy atom. The van der Waals surface area contributed by atoms with Gasteiger partial charge in [-0.2, -0.15) is 0 Å². The second-order valence-corrected chi connectivity index (χ2v) is 5.13. The first-order valence-electron chi connectivity index (χ1n) is 6.28. The maximum Gasteiger partial charge on any atom is 0.227 e. The van der Waals surface area contributed by atoms with Gasteiger partial charge in [0.1, 0.15) is 5.75 Å². The summed E-state index contributed by atoms with van der Waals surface area (Å²) in [5.41, 5.74) is 5.89. The van der Waals surface area contributed by atoms with E-state index in [4.69, 9.17) is 22.1 Å². The lowest BCUT2D eigenvalue weighted by Crippen LogP contribution is -2.43. The van der Waals surface area contributed by atoms with Gasteiger partial charge in [-0.25, -0.2) is 0 Å². The summed E-state index contributed by atoms with van der Waals surface area (Å²) in [5, 5.41) is 3.45. The van der Waals surface area contributed by atoms with E-state index >= 15 is 0 Å². The minimum absolute atomic E-state index is 0.0699. The van der Waals surface area contributed by atoms with E-state index in [1.54, 1.807) is 13.2 Å². The van der Waals surface area contributed by atoms with Crippen LogP contribution in [0.4, 0.5) is 0 Å². The van der Waals surface area contributed by atoms with Crippen molar-refractivity contribution in [2.45, 2.75) is 26.8 Å². The lowest BCUT2D eigenvalue weighted by atomic mass is 9.86. The van der Waals surface area contributed by atoms with Crippen LogP contribution in [0, 0.1) is 5.41 Å². The molecule has 1 unspecified atom stereocenters. The fourth-order valence-electron chi connectivity index (χ4n) is 1.68. The molecule has 0 saturated carbocycles. The van der Waals surface area contributed by atoms with Gasteiger partial charge in [-0.1, -0.05) is 24.6 Å². The number of rotatable bonds is 6. The lowest BCUT2D eigenvalue weighted by molar-refractivity contribution is -0.130. The molecule has 106 valence electrons. The Morgan fingerprint density at radius 2 is 2.21 bits per heavy atom. The molecule has 0 fully saturated rings. The zero-order chi connectivity index (χ0) is 14.5. The first-order chi connectivity index (χ1) is 8.98. The highest BCUT2D eigenvalue weighted by Crippen LogP contribution is 2.26. The molecular weight excluding hydrogens is 264 g/mol. The molecule has 0 heterocycles. The molecule has 1 atom stereocenters. The van der Waals surface area contributed by atoms with Crippen LogP contribution >= 0.6 is 11.6 Å². The molecule has 1 amide bonds. The van der Waals surface area contributed by atoms with E-state index in [-0.39, 0.29) is 5.91 Å². The van der Waals surface area contributed by atoms with E-state index in [1.807, 2.05) is 26.0 Å². The van der Waals surface area contributed by atoms with Gasteiger partial charge in [-0.05, 0) is 25.5 Å². The molecule has 0 aliphatic heterocycles. The van der Waals surface area contributed by atoms with Crippen LogP contribution < -0.4 is 15.8 Å². The molecule has 0 aromatic heterocycles. The van der Waals surface area contributed by atoms with Gasteiger partial charge in [-0.15, -0.1) is 0 Å². The average molecular weight is 285 g/mol. The number of nitrogens with one attached hydrogen (secondary N) is 1. The molecule has 1 aromatic rings. The molecule has 0 bridgehead atoms. The number of carbonyl (C=O) groups excluding carboxylic acids is 1. The van der Waals surface area contributed by atoms with Crippen molar-refractivity contribution < 1.29 is 9.53 Å². The third-order valence-corrected chi connectivity index (χ3v) is 3.85. The first-order valence-corrected chi connectivity index (χ1v) is 6.66. The SMILES string of the molecule is CCC(C)(CN)C(=O)NCc1c(Cl)cccc1OC. The Morgan fingerprint density at radius 3 is 2.74 bits per heavy atom. The van der Waals surface area contributed by atoms with Crippen molar-refractivity contribution in [1.82, 2.24) is 5.32 Å². The number of methoxy groups -OCH3 is 1. The van der Waals surface area contributed by atoms with Crippen LogP contribution in [0.2, 0.25) is 5.02 Å². The van der Waals surface area contributed by atoms with E-state index in [9.17, 15) is 4.79 Å². The Bertz CT molecular complexity index is 445. The van der Waals surface area contributed by atoms with Crippen LogP contribution in [0.5, 0.6) is 5.75 Å². The summed E-state index contributed by atoms with van der Waals surface area (Å²) in [6.45, 7) is 4.45. The van der Waals surface area contributed by atoms with Crippen molar-refractivity contribution in [3.63, 3.8) is 0 Å². The number of hydrogen-bond acceptors (Lipinski definition) is 3. The third-order valence-electron chi connectivity index (χ3n) is 3.50. The van der Waals surface area contributed by atoms with Gasteiger partial charge in [0.25, 0.3) is 0 Å². The maximum absolute atomic E-state index is 12.1. The topological polar surface area (TPSA) is 64.4 Å². The highest BCUT2D eigenvalue weighted by molar-refractivity contribution is 6.31. The van der Waals surface area contributed by atoms with E-state index in [0.29, 0.717) is 30.3 Å². The number of ether oxygens (including phenoxy) is 1. The molecule has 5 heteroatoms. The van der Waals surface area contributed by atoms with Crippen molar-refractivity contribution >= 4 is 17.5 Å². The Hall–Kier alpha value is -1.26. The van der Waals surface area contributed by atoms with Gasteiger partial charge >= 0.3 is 0 Å². The predicted molar refractivity (Wildman–Crippen MR) is 77.3 cm³/mol. The summed E-state index contributed by atoms with van der Waals surface area (Å²) in [4.78, 5) is 12.1. The van der Waals surface area contributed by atoms with Crippen LogP contribution in [0.15, 0.2) is 18.2 Å². The molecule has 1 aromatic carbocycles. The minimum atomic E-state index is -0.547. The summed E-state index contributed by atoms with van der Waals surface area (Å²) in [6, 6.07) is 5.39. The molecule has 0 aliphatic carbocycles. The standard InChI is InChI=1S/C14H21ClN2O2/c1-4-14(2,9-16)13(18)17-8-10-11(15)6-5-7-12(10)19-3/h5-7H,4,8-9,16H2,1-3H3,(H,17,18). The summed E-state index contributed by atoms with van der Waals surface area (Å²) in [5.74, 6) is 0.596. The highest BCUT2D eigenvalue weighted by Gasteiger charge is 2.29. The van der Waals surface area contributed by atoms with E-state index < -0.39 is 5.41 Å². The Labute approximate surface area is 119 Å². The van der Waals surface area contributed by atoms with Crippen molar-refractivity contribution in [3.05, 3.63) is 28.8 Å². The third kappa shape index (κ3) is 3.61. The van der Waals surface area contributed by atoms with Crippen molar-refractivity contribution in [1.29, 1.82) is 0 Å². The van der Waals surface area contributed by atoms with Crippen LogP contribution in [0.3, 0.4) is 0 Å². The molecule has 0 saturated heterocycles. The fraction of sp³-hybridized carbons (Fsp3) is 0.500. The number of nitrogens with two attached hydrogens (primary N) is 1. The van der Waals surface area contributed by atoms with Gasteiger partial charge in [0.15, 0.2) is 0 Å². The Kier molecular flexibility index (Phi) is 5.63. The van der Waals surface area contributed by atoms with Gasteiger partial charge < -0.3 is 15.8 Å². The summed E-state index contributed by atoms with van der Waals surface area (Å²) in [7, 11) is 1.58. The van der Waals surface area contributed by atoms with Crippen LogP contribution in [-0.4, -0.2) is 19.6 Å². The van der Waals surface area contributed by atoms with Gasteiger partial charge in [0.2, 0.25) is 5.91 Å². The van der Waals surface area contributed by atoms with E-state index in [2.05, 4.69) is 5.32 Å². The van der Waals surface area contributed by atoms with Gasteiger partial charge in [-0.3, -0.25) is 4.79 Å². The molecule has 3 N–H and O–H groups in total. The molecule has 0 radical (unpaired) electrons. The molecule has 19 heavy (non-hydrogen) atoms. The number of hydrogen-bond donors (Lipinski definition) is 2. The minimum Gasteiger partial charge on any atom is -0.496 e. The zero-order valence-electron chi connectivity index (χ0n) is 11.6. The lowest BCUT2D eigenvalue weighted by Gasteiger charge is -2.25. The number of benzene rings is 1. The summed E-state index contributed by atoms with van der Waals surface area (Å²) >= 11 is 6.12. The average Bonchev–Trinajstić information content (AvgIpc) is 2.44. The quantitative estimate of drug-likeness (QED) is 0.843. The van der Waals surface area contributed by atoms with Crippen LogP contribution in [0.1, 0.15) is 25.8 Å². The number of halogens is 1. The smallest absolute Gasteiger partial charge is 0.227 e. The van der Waals surface area contributed by atoms with Crippen LogP contribution in [0.25, 0.3) is 0 Å². The second kappa shape index (κ2) is 6.78. The highest BCUT2D eigenvalue weighted by atomic mass is 35.5. The van der Waals surface area contributed by atoms with Crippen LogP contribution in [-0.2, 0) is 11.3 Å². The first kappa shape index (κ1) is 15.8. The zero-order valence-corrected chi connectivity index (χ0v) is 12.4. The Balaban J connectivity index is 2.80. The predicted octanol–water partition coefficient (Wildman–Crippen LogP) is 2.34. The second-order valence-electron chi connectivity index (χ2n) is 4.72. The summed E-state index contributed by atoms with van der Waals surface area (Å²) in [6.07, 6.45) is 0.689. The maximum atomic E-state index is 12.1.